The normalized spacial score (nSPS) is 15.5. The maximum atomic E-state index is 14.0. The molecule has 0 saturated heterocycles. The molecule has 0 fully saturated rings. The van der Waals surface area contributed by atoms with Crippen LogP contribution in [0.15, 0.2) is 87.8 Å². The van der Waals surface area contributed by atoms with Gasteiger partial charge in [0.25, 0.3) is 11.5 Å². The molecule has 1 aliphatic heterocycles. The number of amides is 1. The highest BCUT2D eigenvalue weighted by Gasteiger charge is 2.35. The summed E-state index contributed by atoms with van der Waals surface area (Å²) in [7, 11) is 1.60. The van der Waals surface area contributed by atoms with Crippen molar-refractivity contribution in [2.75, 3.05) is 20.2 Å². The molecule has 6 nitrogen and oxygen atoms in total. The molecule has 0 saturated carbocycles. The zero-order chi connectivity index (χ0) is 26.1. The minimum Gasteiger partial charge on any atom is -0.496 e. The number of carbonyl (C=O) groups excluding carboxylic acids is 1. The standard InChI is InChI=1S/C30H29N3O3S/c1-5-32(6-2)29(35)26-19(3)31-30-33(27(26)23-16-9-10-17-24(23)36-4)28(34)25(37-30)18-21-14-11-13-20-12-7-8-15-22(20)21/h7-18,27H,5-6H2,1-4H3/b25-18+/t27-/m0/s1. The molecule has 0 unspecified atom stereocenters. The Kier molecular flexibility index (Phi) is 6.80. The molecule has 7 heteroatoms. The summed E-state index contributed by atoms with van der Waals surface area (Å²) in [5.41, 5.74) is 2.66. The van der Waals surface area contributed by atoms with Crippen LogP contribution in [-0.4, -0.2) is 35.6 Å². The van der Waals surface area contributed by atoms with Crippen molar-refractivity contribution in [2.24, 2.45) is 4.99 Å². The molecule has 1 aromatic heterocycles. The minimum absolute atomic E-state index is 0.120. The average Bonchev–Trinajstić information content (AvgIpc) is 3.22. The lowest BCUT2D eigenvalue weighted by Crippen LogP contribution is -2.43. The van der Waals surface area contributed by atoms with Crippen molar-refractivity contribution in [2.45, 2.75) is 26.8 Å². The summed E-state index contributed by atoms with van der Waals surface area (Å²) < 4.78 is 7.91. The fourth-order valence-electron chi connectivity index (χ4n) is 4.98. The number of rotatable bonds is 6. The summed E-state index contributed by atoms with van der Waals surface area (Å²) in [6.07, 6.45) is 1.93. The molecule has 3 aromatic carbocycles. The van der Waals surface area contributed by atoms with E-state index in [2.05, 4.69) is 18.2 Å². The van der Waals surface area contributed by atoms with Crippen molar-refractivity contribution in [3.63, 3.8) is 0 Å². The van der Waals surface area contributed by atoms with Gasteiger partial charge in [-0.3, -0.25) is 14.2 Å². The number of carbonyl (C=O) groups is 1. The number of thiazole rings is 1. The smallest absolute Gasteiger partial charge is 0.271 e. The summed E-state index contributed by atoms with van der Waals surface area (Å²) in [6.45, 7) is 6.89. The quantitative estimate of drug-likeness (QED) is 0.389. The third-order valence-corrected chi connectivity index (χ3v) is 7.83. The number of fused-ring (bicyclic) bond motifs is 2. The number of benzene rings is 3. The highest BCUT2D eigenvalue weighted by atomic mass is 32.1. The van der Waals surface area contributed by atoms with Crippen LogP contribution in [0.5, 0.6) is 5.75 Å². The first-order chi connectivity index (χ1) is 18.0. The van der Waals surface area contributed by atoms with Crippen LogP contribution < -0.4 is 19.6 Å². The minimum atomic E-state index is -0.643. The van der Waals surface area contributed by atoms with Crippen molar-refractivity contribution in [1.29, 1.82) is 0 Å². The Morgan fingerprint density at radius 1 is 1.05 bits per heavy atom. The zero-order valence-electron chi connectivity index (χ0n) is 21.4. The summed E-state index contributed by atoms with van der Waals surface area (Å²) in [5.74, 6) is 0.501. The van der Waals surface area contributed by atoms with E-state index in [1.165, 1.54) is 11.3 Å². The van der Waals surface area contributed by atoms with Gasteiger partial charge in [-0.1, -0.05) is 72.0 Å². The lowest BCUT2D eigenvalue weighted by molar-refractivity contribution is -0.127. The number of ether oxygens (including phenoxy) is 1. The Hall–Kier alpha value is -3.97. The molecule has 188 valence electrons. The van der Waals surface area contributed by atoms with Crippen LogP contribution in [0.4, 0.5) is 0 Å². The van der Waals surface area contributed by atoms with Gasteiger partial charge in [-0.25, -0.2) is 4.99 Å². The summed E-state index contributed by atoms with van der Waals surface area (Å²) in [6, 6.07) is 21.1. The van der Waals surface area contributed by atoms with E-state index in [1.807, 2.05) is 75.4 Å². The number of nitrogens with zero attached hydrogens (tertiary/aromatic N) is 3. The van der Waals surface area contributed by atoms with Crippen molar-refractivity contribution in [3.05, 3.63) is 109 Å². The van der Waals surface area contributed by atoms with Crippen LogP contribution in [0.1, 0.15) is 37.9 Å². The number of para-hydroxylation sites is 1. The summed E-state index contributed by atoms with van der Waals surface area (Å²) >= 11 is 1.34. The van der Waals surface area contributed by atoms with E-state index in [9.17, 15) is 9.59 Å². The van der Waals surface area contributed by atoms with E-state index < -0.39 is 6.04 Å². The fourth-order valence-corrected chi connectivity index (χ4v) is 6.02. The van der Waals surface area contributed by atoms with Crippen LogP contribution in [0.3, 0.4) is 0 Å². The lowest BCUT2D eigenvalue weighted by Gasteiger charge is -2.29. The number of hydrogen-bond acceptors (Lipinski definition) is 5. The Balaban J connectivity index is 1.78. The number of allylic oxidation sites excluding steroid dienone is 1. The van der Waals surface area contributed by atoms with Gasteiger partial charge in [0.1, 0.15) is 11.8 Å². The van der Waals surface area contributed by atoms with Gasteiger partial charge < -0.3 is 9.64 Å². The van der Waals surface area contributed by atoms with E-state index in [0.717, 1.165) is 21.9 Å². The number of likely N-dealkylation sites (N-methyl/N-ethyl adjacent to an activating group) is 1. The molecule has 0 N–H and O–H groups in total. The molecule has 4 aromatic rings. The topological polar surface area (TPSA) is 63.9 Å². The maximum Gasteiger partial charge on any atom is 0.271 e. The zero-order valence-corrected chi connectivity index (χ0v) is 22.2. The first-order valence-corrected chi connectivity index (χ1v) is 13.2. The van der Waals surface area contributed by atoms with Crippen molar-refractivity contribution < 1.29 is 9.53 Å². The second-order valence-electron chi connectivity index (χ2n) is 8.87. The van der Waals surface area contributed by atoms with E-state index >= 15 is 0 Å². The molecular weight excluding hydrogens is 482 g/mol. The lowest BCUT2D eigenvalue weighted by atomic mass is 9.94. The monoisotopic (exact) mass is 511 g/mol. The molecule has 5 rings (SSSR count). The number of aromatic nitrogens is 1. The second kappa shape index (κ2) is 10.2. The molecule has 0 radical (unpaired) electrons. The summed E-state index contributed by atoms with van der Waals surface area (Å²) in [5, 5.41) is 2.18. The van der Waals surface area contributed by atoms with Gasteiger partial charge in [-0.05, 0) is 49.2 Å². The molecule has 2 heterocycles. The summed E-state index contributed by atoms with van der Waals surface area (Å²) in [4.78, 5) is 34.9. The van der Waals surface area contributed by atoms with Crippen LogP contribution in [-0.2, 0) is 4.79 Å². The SMILES string of the molecule is CCN(CC)C(=O)C1=C(C)N=c2s/c(=C/c3cccc4ccccc34)c(=O)n2[C@H]1c1ccccc1OC. The van der Waals surface area contributed by atoms with E-state index in [0.29, 0.717) is 39.4 Å². The highest BCUT2D eigenvalue weighted by Crippen LogP contribution is 2.36. The van der Waals surface area contributed by atoms with Gasteiger partial charge in [0.2, 0.25) is 0 Å². The molecule has 1 amide bonds. The third-order valence-electron chi connectivity index (χ3n) is 6.85. The van der Waals surface area contributed by atoms with Gasteiger partial charge in [0.05, 0.1) is 22.9 Å². The predicted molar refractivity (Wildman–Crippen MR) is 149 cm³/mol. The maximum absolute atomic E-state index is 14.0. The van der Waals surface area contributed by atoms with Crippen molar-refractivity contribution in [3.8, 4) is 5.75 Å². The van der Waals surface area contributed by atoms with Gasteiger partial charge in [0.15, 0.2) is 4.80 Å². The van der Waals surface area contributed by atoms with Crippen LogP contribution in [0.25, 0.3) is 16.8 Å². The second-order valence-corrected chi connectivity index (χ2v) is 9.88. The average molecular weight is 512 g/mol. The Morgan fingerprint density at radius 3 is 2.51 bits per heavy atom. The Labute approximate surface area is 219 Å². The van der Waals surface area contributed by atoms with E-state index in [1.54, 1.807) is 16.6 Å². The van der Waals surface area contributed by atoms with E-state index in [4.69, 9.17) is 9.73 Å². The highest BCUT2D eigenvalue weighted by molar-refractivity contribution is 7.07. The predicted octanol–water partition coefficient (Wildman–Crippen LogP) is 4.27. The van der Waals surface area contributed by atoms with Gasteiger partial charge in [-0.2, -0.15) is 0 Å². The Morgan fingerprint density at radius 2 is 1.76 bits per heavy atom. The van der Waals surface area contributed by atoms with E-state index in [-0.39, 0.29) is 11.5 Å². The number of hydrogen-bond donors (Lipinski definition) is 0. The van der Waals surface area contributed by atoms with Crippen molar-refractivity contribution >= 4 is 34.1 Å². The van der Waals surface area contributed by atoms with Crippen LogP contribution >= 0.6 is 11.3 Å². The van der Waals surface area contributed by atoms with Crippen molar-refractivity contribution in [1.82, 2.24) is 9.47 Å². The molecule has 0 spiro atoms. The fraction of sp³-hybridized carbons (Fsp3) is 0.233. The van der Waals surface area contributed by atoms with Gasteiger partial charge in [0, 0.05) is 18.7 Å². The van der Waals surface area contributed by atoms with Crippen LogP contribution in [0.2, 0.25) is 0 Å². The van der Waals surface area contributed by atoms with Gasteiger partial charge >= 0.3 is 0 Å². The van der Waals surface area contributed by atoms with Crippen LogP contribution in [0, 0.1) is 0 Å². The largest absolute Gasteiger partial charge is 0.496 e. The molecule has 37 heavy (non-hydrogen) atoms. The number of methoxy groups -OCH3 is 1. The first-order valence-electron chi connectivity index (χ1n) is 12.4. The first kappa shape index (κ1) is 24.7. The Bertz CT molecular complexity index is 1700. The molecular formula is C30H29N3O3S. The molecule has 1 aliphatic rings. The molecule has 0 bridgehead atoms. The molecule has 0 aliphatic carbocycles. The molecule has 1 atom stereocenters. The third kappa shape index (κ3) is 4.29. The van der Waals surface area contributed by atoms with Gasteiger partial charge in [-0.15, -0.1) is 0 Å².